The van der Waals surface area contributed by atoms with E-state index in [1.54, 1.807) is 0 Å². The Morgan fingerprint density at radius 3 is 2.29 bits per heavy atom. The Kier molecular flexibility index (Phi) is 5.65. The summed E-state index contributed by atoms with van der Waals surface area (Å²) in [7, 11) is 0. The third-order valence-electron chi connectivity index (χ3n) is 3.06. The fourth-order valence-electron chi connectivity index (χ4n) is 1.98. The van der Waals surface area contributed by atoms with Crippen molar-refractivity contribution in [2.24, 2.45) is 5.92 Å². The summed E-state index contributed by atoms with van der Waals surface area (Å²) in [6.45, 7) is 2.92. The van der Waals surface area contributed by atoms with Gasteiger partial charge in [-0.1, -0.05) is 45.4 Å². The van der Waals surface area contributed by atoms with E-state index in [2.05, 4.69) is 5.32 Å². The van der Waals surface area contributed by atoms with Crippen molar-refractivity contribution in [3.8, 4) is 0 Å². The molecule has 1 rings (SSSR count). The van der Waals surface area contributed by atoms with Crippen molar-refractivity contribution in [2.45, 2.75) is 58.3 Å². The van der Waals surface area contributed by atoms with Gasteiger partial charge >= 0.3 is 0 Å². The summed E-state index contributed by atoms with van der Waals surface area (Å²) in [5, 5.41) is 3.01. The minimum atomic E-state index is 0.217. The molecule has 0 aromatic carbocycles. The first-order valence-electron chi connectivity index (χ1n) is 6.08. The molecular weight excluding hydrogens is 174 g/mol. The lowest BCUT2D eigenvalue weighted by Crippen LogP contribution is -2.30. The molecule has 0 aliphatic carbocycles. The van der Waals surface area contributed by atoms with Gasteiger partial charge in [0.1, 0.15) is 0 Å². The topological polar surface area (TPSA) is 29.1 Å². The van der Waals surface area contributed by atoms with Gasteiger partial charge in [-0.05, 0) is 12.8 Å². The summed E-state index contributed by atoms with van der Waals surface area (Å²) in [6.07, 6.45) is 10.1. The van der Waals surface area contributed by atoms with Gasteiger partial charge in [0.05, 0.1) is 0 Å². The lowest BCUT2D eigenvalue weighted by atomic mass is 10.00. The number of amides is 1. The highest BCUT2D eigenvalue weighted by molar-refractivity contribution is 5.78. The van der Waals surface area contributed by atoms with E-state index in [1.807, 2.05) is 6.92 Å². The average molecular weight is 197 g/mol. The van der Waals surface area contributed by atoms with Crippen LogP contribution in [0.2, 0.25) is 0 Å². The number of carbonyl (C=O) groups excluding carboxylic acids is 1. The van der Waals surface area contributed by atoms with Crippen molar-refractivity contribution in [1.29, 1.82) is 0 Å². The molecule has 2 nitrogen and oxygen atoms in total. The zero-order valence-corrected chi connectivity index (χ0v) is 9.35. The van der Waals surface area contributed by atoms with E-state index in [-0.39, 0.29) is 11.8 Å². The molecule has 1 saturated heterocycles. The molecule has 0 aromatic rings. The maximum absolute atomic E-state index is 11.5. The standard InChI is InChI=1S/C12H23NO/c1-11-9-7-5-3-2-4-6-8-10-13-12(11)14/h11H,2-10H2,1H3,(H,13,14). The van der Waals surface area contributed by atoms with Crippen LogP contribution < -0.4 is 5.32 Å². The van der Waals surface area contributed by atoms with Crippen LogP contribution in [0, 0.1) is 5.92 Å². The van der Waals surface area contributed by atoms with E-state index in [0.717, 1.165) is 19.4 Å². The van der Waals surface area contributed by atoms with Crippen LogP contribution in [0.15, 0.2) is 0 Å². The zero-order chi connectivity index (χ0) is 10.2. The highest BCUT2D eigenvalue weighted by Crippen LogP contribution is 2.13. The van der Waals surface area contributed by atoms with Gasteiger partial charge in [0.15, 0.2) is 0 Å². The van der Waals surface area contributed by atoms with Gasteiger partial charge in [0, 0.05) is 12.5 Å². The van der Waals surface area contributed by atoms with Crippen molar-refractivity contribution < 1.29 is 4.79 Å². The van der Waals surface area contributed by atoms with Gasteiger partial charge in [-0.15, -0.1) is 0 Å². The minimum Gasteiger partial charge on any atom is -0.356 e. The average Bonchev–Trinajstić information content (AvgIpc) is 2.18. The molecule has 1 heterocycles. The summed E-state index contributed by atoms with van der Waals surface area (Å²) in [5.41, 5.74) is 0. The first-order valence-corrected chi connectivity index (χ1v) is 6.08. The van der Waals surface area contributed by atoms with Crippen LogP contribution in [0.25, 0.3) is 0 Å². The quantitative estimate of drug-likeness (QED) is 0.635. The lowest BCUT2D eigenvalue weighted by Gasteiger charge is -2.13. The first kappa shape index (κ1) is 11.5. The molecule has 0 spiro atoms. The Labute approximate surface area is 87.5 Å². The highest BCUT2D eigenvalue weighted by Gasteiger charge is 2.11. The Morgan fingerprint density at radius 2 is 1.57 bits per heavy atom. The van der Waals surface area contributed by atoms with Crippen LogP contribution in [0.4, 0.5) is 0 Å². The van der Waals surface area contributed by atoms with Gasteiger partial charge in [-0.25, -0.2) is 0 Å². The predicted molar refractivity (Wildman–Crippen MR) is 59.1 cm³/mol. The molecule has 1 aliphatic heterocycles. The van der Waals surface area contributed by atoms with Crippen LogP contribution in [-0.4, -0.2) is 12.5 Å². The number of hydrogen-bond acceptors (Lipinski definition) is 1. The second-order valence-corrected chi connectivity index (χ2v) is 4.46. The van der Waals surface area contributed by atoms with Gasteiger partial charge in [-0.2, -0.15) is 0 Å². The van der Waals surface area contributed by atoms with Crippen LogP contribution in [0.1, 0.15) is 58.3 Å². The largest absolute Gasteiger partial charge is 0.356 e. The number of rotatable bonds is 0. The molecule has 1 unspecified atom stereocenters. The van der Waals surface area contributed by atoms with E-state index in [1.165, 1.54) is 38.5 Å². The van der Waals surface area contributed by atoms with Crippen molar-refractivity contribution in [1.82, 2.24) is 5.32 Å². The molecule has 1 fully saturated rings. The van der Waals surface area contributed by atoms with Gasteiger partial charge in [0.25, 0.3) is 0 Å². The van der Waals surface area contributed by atoms with Gasteiger partial charge < -0.3 is 5.32 Å². The van der Waals surface area contributed by atoms with E-state index in [4.69, 9.17) is 0 Å². The lowest BCUT2D eigenvalue weighted by molar-refractivity contribution is -0.124. The van der Waals surface area contributed by atoms with Crippen molar-refractivity contribution in [3.63, 3.8) is 0 Å². The van der Waals surface area contributed by atoms with E-state index in [9.17, 15) is 4.79 Å². The second-order valence-electron chi connectivity index (χ2n) is 4.46. The van der Waals surface area contributed by atoms with Gasteiger partial charge in [0.2, 0.25) is 5.91 Å². The fraction of sp³-hybridized carbons (Fsp3) is 0.917. The normalized spacial score (nSPS) is 27.2. The summed E-state index contributed by atoms with van der Waals surface area (Å²) in [6, 6.07) is 0. The molecule has 1 aliphatic rings. The summed E-state index contributed by atoms with van der Waals surface area (Å²) < 4.78 is 0. The number of hydrogen-bond donors (Lipinski definition) is 1. The SMILES string of the molecule is CC1CCCCCCCCCNC1=O. The molecule has 0 bridgehead atoms. The Morgan fingerprint density at radius 1 is 1.00 bits per heavy atom. The maximum Gasteiger partial charge on any atom is 0.222 e. The maximum atomic E-state index is 11.5. The number of nitrogens with one attached hydrogen (secondary N) is 1. The predicted octanol–water partition coefficient (Wildman–Crippen LogP) is 2.87. The second kappa shape index (κ2) is 6.86. The van der Waals surface area contributed by atoms with Crippen molar-refractivity contribution in [3.05, 3.63) is 0 Å². The van der Waals surface area contributed by atoms with Crippen molar-refractivity contribution in [2.75, 3.05) is 6.54 Å². The van der Waals surface area contributed by atoms with E-state index >= 15 is 0 Å². The molecule has 0 aromatic heterocycles. The molecule has 1 atom stereocenters. The smallest absolute Gasteiger partial charge is 0.222 e. The van der Waals surface area contributed by atoms with E-state index < -0.39 is 0 Å². The number of carbonyl (C=O) groups is 1. The van der Waals surface area contributed by atoms with E-state index in [0.29, 0.717) is 0 Å². The summed E-state index contributed by atoms with van der Waals surface area (Å²) >= 11 is 0. The zero-order valence-electron chi connectivity index (χ0n) is 9.35. The Hall–Kier alpha value is -0.530. The van der Waals surface area contributed by atoms with Crippen LogP contribution in [-0.2, 0) is 4.79 Å². The highest BCUT2D eigenvalue weighted by atomic mass is 16.1. The third kappa shape index (κ3) is 4.64. The molecule has 1 N–H and O–H groups in total. The molecule has 82 valence electrons. The minimum absolute atomic E-state index is 0.217. The molecule has 14 heavy (non-hydrogen) atoms. The summed E-state index contributed by atoms with van der Waals surface area (Å²) in [4.78, 5) is 11.5. The molecule has 0 radical (unpaired) electrons. The summed E-state index contributed by atoms with van der Waals surface area (Å²) in [5.74, 6) is 0.472. The van der Waals surface area contributed by atoms with Crippen LogP contribution in [0.5, 0.6) is 0 Å². The third-order valence-corrected chi connectivity index (χ3v) is 3.06. The Balaban J connectivity index is 2.27. The molecule has 0 saturated carbocycles. The molecule has 2 heteroatoms. The van der Waals surface area contributed by atoms with Crippen molar-refractivity contribution >= 4 is 5.91 Å². The first-order chi connectivity index (χ1) is 6.80. The fourth-order valence-corrected chi connectivity index (χ4v) is 1.98. The van der Waals surface area contributed by atoms with Gasteiger partial charge in [-0.3, -0.25) is 4.79 Å². The van der Waals surface area contributed by atoms with Crippen LogP contribution in [0.3, 0.4) is 0 Å². The van der Waals surface area contributed by atoms with Crippen LogP contribution >= 0.6 is 0 Å². The monoisotopic (exact) mass is 197 g/mol. The molecular formula is C12H23NO. The molecule has 1 amide bonds. The Bertz CT molecular complexity index is 168.